The zero-order valence-corrected chi connectivity index (χ0v) is 14.6. The van der Waals surface area contributed by atoms with Gasteiger partial charge in [-0.25, -0.2) is 8.42 Å². The van der Waals surface area contributed by atoms with Crippen molar-refractivity contribution in [3.8, 4) is 5.75 Å². The summed E-state index contributed by atoms with van der Waals surface area (Å²) in [6.07, 6.45) is 3.82. The Morgan fingerprint density at radius 1 is 1.46 bits per heavy atom. The fourth-order valence-electron chi connectivity index (χ4n) is 3.01. The summed E-state index contributed by atoms with van der Waals surface area (Å²) in [7, 11) is -3.07. The highest BCUT2D eigenvalue weighted by molar-refractivity contribution is 7.91. The maximum absolute atomic E-state index is 12.9. The normalized spacial score (nSPS) is 21.4. The van der Waals surface area contributed by atoms with Crippen LogP contribution in [0.2, 0.25) is 5.02 Å². The van der Waals surface area contributed by atoms with Crippen LogP contribution in [0.4, 0.5) is 0 Å². The number of ether oxygens (including phenoxy) is 1. The predicted octanol–water partition coefficient (Wildman–Crippen LogP) is 2.32. The van der Waals surface area contributed by atoms with E-state index in [4.69, 9.17) is 16.3 Å². The van der Waals surface area contributed by atoms with Crippen molar-refractivity contribution in [2.75, 3.05) is 24.7 Å². The molecule has 128 valence electrons. The Hall–Kier alpha value is -1.79. The largest absolute Gasteiger partial charge is 0.488 e. The molecule has 0 aliphatic carbocycles. The second kappa shape index (κ2) is 6.61. The lowest BCUT2D eigenvalue weighted by atomic mass is 10.1. The summed E-state index contributed by atoms with van der Waals surface area (Å²) in [4.78, 5) is 14.5. The van der Waals surface area contributed by atoms with Gasteiger partial charge in [-0.3, -0.25) is 4.79 Å². The van der Waals surface area contributed by atoms with Crippen LogP contribution in [0.5, 0.6) is 5.75 Å². The summed E-state index contributed by atoms with van der Waals surface area (Å²) in [6.45, 7) is 4.13. The van der Waals surface area contributed by atoms with Gasteiger partial charge in [-0.15, -0.1) is 6.58 Å². The number of fused-ring (bicyclic) bond motifs is 1. The van der Waals surface area contributed by atoms with E-state index in [1.54, 1.807) is 35.3 Å². The van der Waals surface area contributed by atoms with Crippen LogP contribution in [-0.4, -0.2) is 49.9 Å². The van der Waals surface area contributed by atoms with E-state index in [1.165, 1.54) is 0 Å². The fourth-order valence-corrected chi connectivity index (χ4v) is 4.93. The molecular formula is C17H18ClNO4S. The highest BCUT2D eigenvalue weighted by atomic mass is 35.5. The van der Waals surface area contributed by atoms with Crippen molar-refractivity contribution in [1.82, 2.24) is 4.90 Å². The van der Waals surface area contributed by atoms with Crippen molar-refractivity contribution >= 4 is 33.4 Å². The Kier molecular flexibility index (Phi) is 4.69. The first kappa shape index (κ1) is 17.0. The van der Waals surface area contributed by atoms with Crippen molar-refractivity contribution < 1.29 is 17.9 Å². The third kappa shape index (κ3) is 3.49. The third-order valence-electron chi connectivity index (χ3n) is 4.20. The van der Waals surface area contributed by atoms with E-state index >= 15 is 0 Å². The molecule has 1 fully saturated rings. The maximum atomic E-state index is 12.9. The molecule has 1 aromatic rings. The number of hydrogen-bond acceptors (Lipinski definition) is 4. The Balaban J connectivity index is 1.87. The van der Waals surface area contributed by atoms with E-state index in [0.717, 1.165) is 5.56 Å². The molecule has 3 rings (SSSR count). The molecule has 0 spiro atoms. The van der Waals surface area contributed by atoms with Gasteiger partial charge in [0.15, 0.2) is 9.84 Å². The number of halogens is 1. The van der Waals surface area contributed by atoms with E-state index in [-0.39, 0.29) is 30.1 Å². The van der Waals surface area contributed by atoms with Crippen LogP contribution in [-0.2, 0) is 14.6 Å². The van der Waals surface area contributed by atoms with Gasteiger partial charge < -0.3 is 9.64 Å². The molecule has 5 nitrogen and oxygen atoms in total. The lowest BCUT2D eigenvalue weighted by Crippen LogP contribution is -2.43. The number of rotatable bonds is 4. The van der Waals surface area contributed by atoms with Crippen LogP contribution in [0, 0.1) is 0 Å². The molecule has 7 heteroatoms. The minimum atomic E-state index is -3.07. The van der Waals surface area contributed by atoms with Crippen LogP contribution in [0.15, 0.2) is 36.4 Å². The van der Waals surface area contributed by atoms with E-state index in [9.17, 15) is 13.2 Å². The van der Waals surface area contributed by atoms with E-state index < -0.39 is 9.84 Å². The number of carbonyl (C=O) groups excluding carboxylic acids is 1. The standard InChI is InChI=1S/C17H18ClNO4S/c1-2-6-19(15-5-7-24(21,22)11-15)17(20)13-8-12-9-14(18)3-4-16(12)23-10-13/h2-4,8-9,15H,1,5-7,10-11H2. The molecule has 0 saturated carbocycles. The zero-order chi connectivity index (χ0) is 17.3. The molecule has 1 saturated heterocycles. The molecule has 1 unspecified atom stereocenters. The minimum Gasteiger partial charge on any atom is -0.488 e. The average Bonchev–Trinajstić information content (AvgIpc) is 2.91. The molecule has 2 aliphatic rings. The second-order valence-corrected chi connectivity index (χ2v) is 8.61. The second-order valence-electron chi connectivity index (χ2n) is 5.94. The number of carbonyl (C=O) groups is 1. The average molecular weight is 368 g/mol. The molecule has 2 aliphatic heterocycles. The number of hydrogen-bond donors (Lipinski definition) is 0. The van der Waals surface area contributed by atoms with Gasteiger partial charge in [0.2, 0.25) is 0 Å². The summed E-state index contributed by atoms with van der Waals surface area (Å²) in [5.74, 6) is 0.577. The molecule has 0 radical (unpaired) electrons. The van der Waals surface area contributed by atoms with E-state index in [0.29, 0.717) is 29.3 Å². The molecule has 0 N–H and O–H groups in total. The number of sulfone groups is 1. The Morgan fingerprint density at radius 2 is 2.25 bits per heavy atom. The van der Waals surface area contributed by atoms with Gasteiger partial charge in [-0.2, -0.15) is 0 Å². The van der Waals surface area contributed by atoms with Gasteiger partial charge in [-0.1, -0.05) is 17.7 Å². The van der Waals surface area contributed by atoms with Crippen molar-refractivity contribution in [2.24, 2.45) is 0 Å². The lowest BCUT2D eigenvalue weighted by Gasteiger charge is -2.29. The molecule has 0 bridgehead atoms. The maximum Gasteiger partial charge on any atom is 0.253 e. The first-order valence-electron chi connectivity index (χ1n) is 7.65. The molecule has 0 aromatic heterocycles. The SMILES string of the molecule is C=CCN(C(=O)C1=Cc2cc(Cl)ccc2OC1)C1CCS(=O)(=O)C1. The molecule has 24 heavy (non-hydrogen) atoms. The van der Waals surface area contributed by atoms with Crippen molar-refractivity contribution in [3.05, 3.63) is 47.0 Å². The van der Waals surface area contributed by atoms with Gasteiger partial charge in [-0.05, 0) is 30.7 Å². The van der Waals surface area contributed by atoms with Crippen LogP contribution in [0.3, 0.4) is 0 Å². The van der Waals surface area contributed by atoms with E-state index in [1.807, 2.05) is 0 Å². The van der Waals surface area contributed by atoms with Gasteiger partial charge in [0.1, 0.15) is 12.4 Å². The minimum absolute atomic E-state index is 0.00311. The Morgan fingerprint density at radius 3 is 2.92 bits per heavy atom. The topological polar surface area (TPSA) is 63.7 Å². The van der Waals surface area contributed by atoms with Gasteiger partial charge in [0.25, 0.3) is 5.91 Å². The predicted molar refractivity (Wildman–Crippen MR) is 93.9 cm³/mol. The van der Waals surface area contributed by atoms with Gasteiger partial charge in [0, 0.05) is 23.2 Å². The van der Waals surface area contributed by atoms with Gasteiger partial charge >= 0.3 is 0 Å². The quantitative estimate of drug-likeness (QED) is 0.766. The summed E-state index contributed by atoms with van der Waals surface area (Å²) in [6, 6.07) is 4.91. The highest BCUT2D eigenvalue weighted by Crippen LogP contribution is 2.30. The molecular weight excluding hydrogens is 350 g/mol. The third-order valence-corrected chi connectivity index (χ3v) is 6.18. The Bertz CT molecular complexity index is 816. The van der Waals surface area contributed by atoms with Crippen molar-refractivity contribution in [3.63, 3.8) is 0 Å². The van der Waals surface area contributed by atoms with Crippen LogP contribution in [0.1, 0.15) is 12.0 Å². The summed E-state index contributed by atoms with van der Waals surface area (Å²) >= 11 is 5.99. The van der Waals surface area contributed by atoms with Crippen molar-refractivity contribution in [1.29, 1.82) is 0 Å². The Labute approximate surface area is 146 Å². The van der Waals surface area contributed by atoms with Crippen LogP contribution in [0.25, 0.3) is 6.08 Å². The number of amides is 1. The van der Waals surface area contributed by atoms with E-state index in [2.05, 4.69) is 6.58 Å². The number of nitrogens with zero attached hydrogens (tertiary/aromatic N) is 1. The smallest absolute Gasteiger partial charge is 0.253 e. The fraction of sp³-hybridized carbons (Fsp3) is 0.353. The first-order chi connectivity index (χ1) is 11.4. The number of benzene rings is 1. The van der Waals surface area contributed by atoms with Crippen molar-refractivity contribution in [2.45, 2.75) is 12.5 Å². The van der Waals surface area contributed by atoms with Crippen LogP contribution >= 0.6 is 11.6 Å². The summed E-state index contributed by atoms with van der Waals surface area (Å²) in [5, 5.41) is 0.562. The highest BCUT2D eigenvalue weighted by Gasteiger charge is 2.35. The zero-order valence-electron chi connectivity index (χ0n) is 13.1. The molecule has 1 aromatic carbocycles. The molecule has 1 atom stereocenters. The molecule has 1 amide bonds. The first-order valence-corrected chi connectivity index (χ1v) is 9.85. The van der Waals surface area contributed by atoms with Gasteiger partial charge in [0.05, 0.1) is 17.1 Å². The van der Waals surface area contributed by atoms with Crippen LogP contribution < -0.4 is 4.74 Å². The summed E-state index contributed by atoms with van der Waals surface area (Å²) in [5.41, 5.74) is 1.23. The lowest BCUT2D eigenvalue weighted by molar-refractivity contribution is -0.128. The summed E-state index contributed by atoms with van der Waals surface area (Å²) < 4.78 is 29.1. The monoisotopic (exact) mass is 367 g/mol. The molecule has 2 heterocycles.